The van der Waals surface area contributed by atoms with Gasteiger partial charge in [0.2, 0.25) is 0 Å². The summed E-state index contributed by atoms with van der Waals surface area (Å²) in [6.45, 7) is 12.6. The molecular weight excluding hydrogens is 262 g/mol. The lowest BCUT2D eigenvalue weighted by atomic mass is 10.1. The summed E-state index contributed by atoms with van der Waals surface area (Å²) < 4.78 is 5.12. The van der Waals surface area contributed by atoms with E-state index >= 15 is 0 Å². The average molecular weight is 295 g/mol. The van der Waals surface area contributed by atoms with Gasteiger partial charge in [0, 0.05) is 0 Å². The van der Waals surface area contributed by atoms with Gasteiger partial charge in [0.05, 0.1) is 6.61 Å². The molecule has 122 valence electrons. The first kappa shape index (κ1) is 21.9. The van der Waals surface area contributed by atoms with Crippen LogP contribution in [-0.2, 0) is 16.0 Å². The van der Waals surface area contributed by atoms with E-state index in [1.54, 1.807) is 0 Å². The lowest BCUT2D eigenvalue weighted by molar-refractivity contribution is -0.145. The molecule has 3 heteroatoms. The van der Waals surface area contributed by atoms with E-state index in [9.17, 15) is 4.79 Å². The highest BCUT2D eigenvalue weighted by Gasteiger charge is 2.15. The summed E-state index contributed by atoms with van der Waals surface area (Å²) in [5.41, 5.74) is 6.85. The number of rotatable bonds is 6. The Balaban J connectivity index is 0. The van der Waals surface area contributed by atoms with E-state index in [0.717, 1.165) is 12.0 Å². The summed E-state index contributed by atoms with van der Waals surface area (Å²) in [5, 5.41) is 0. The molecule has 3 nitrogen and oxygen atoms in total. The quantitative estimate of drug-likeness (QED) is 0.800. The van der Waals surface area contributed by atoms with Crippen molar-refractivity contribution in [3.63, 3.8) is 0 Å². The third-order valence-electron chi connectivity index (χ3n) is 2.54. The third-order valence-corrected chi connectivity index (χ3v) is 2.54. The standard InChI is InChI=1S/C14H21NO2.2C2H6/c1-11(2)8-9-17-14(16)13(15)10-12-6-4-3-5-7-12;2*1-2/h3-7,11,13H,8-10,15H2,1-2H3;2*1-2H3. The van der Waals surface area contributed by atoms with Crippen LogP contribution in [0.3, 0.4) is 0 Å². The molecular formula is C18H33NO2. The molecule has 0 aliphatic carbocycles. The molecule has 21 heavy (non-hydrogen) atoms. The fraction of sp³-hybridized carbons (Fsp3) is 0.611. The smallest absolute Gasteiger partial charge is 0.323 e. The van der Waals surface area contributed by atoms with E-state index in [-0.39, 0.29) is 5.97 Å². The lowest BCUT2D eigenvalue weighted by Crippen LogP contribution is -2.34. The van der Waals surface area contributed by atoms with Crippen LogP contribution >= 0.6 is 0 Å². The molecule has 0 aromatic heterocycles. The predicted octanol–water partition coefficient (Wildman–Crippen LogP) is 4.20. The van der Waals surface area contributed by atoms with Gasteiger partial charge < -0.3 is 10.5 Å². The summed E-state index contributed by atoms with van der Waals surface area (Å²) in [6.07, 6.45) is 1.41. The second-order valence-electron chi connectivity index (χ2n) is 4.65. The van der Waals surface area contributed by atoms with Crippen molar-refractivity contribution in [3.8, 4) is 0 Å². The Hall–Kier alpha value is -1.35. The SMILES string of the molecule is CC.CC.CC(C)CCOC(=O)C(N)Cc1ccccc1. The predicted molar refractivity (Wildman–Crippen MR) is 91.2 cm³/mol. The molecule has 0 radical (unpaired) electrons. The van der Waals surface area contributed by atoms with Gasteiger partial charge in [-0.2, -0.15) is 0 Å². The van der Waals surface area contributed by atoms with Gasteiger partial charge in [-0.15, -0.1) is 0 Å². The van der Waals surface area contributed by atoms with Gasteiger partial charge in [-0.3, -0.25) is 4.79 Å². The Morgan fingerprint density at radius 3 is 2.10 bits per heavy atom. The second-order valence-corrected chi connectivity index (χ2v) is 4.65. The molecule has 0 spiro atoms. The van der Waals surface area contributed by atoms with E-state index in [0.29, 0.717) is 18.9 Å². The zero-order valence-electron chi connectivity index (χ0n) is 14.6. The van der Waals surface area contributed by atoms with Gasteiger partial charge in [0.1, 0.15) is 6.04 Å². The van der Waals surface area contributed by atoms with Crippen molar-refractivity contribution < 1.29 is 9.53 Å². The minimum absolute atomic E-state index is 0.311. The molecule has 1 aromatic rings. The summed E-state index contributed by atoms with van der Waals surface area (Å²) in [5.74, 6) is 0.225. The number of hydrogen-bond donors (Lipinski definition) is 1. The normalized spacial score (nSPS) is 10.7. The molecule has 1 aromatic carbocycles. The first-order valence-electron chi connectivity index (χ1n) is 8.05. The molecule has 0 saturated heterocycles. The Kier molecular flexibility index (Phi) is 15.7. The van der Waals surface area contributed by atoms with Crippen molar-refractivity contribution >= 4 is 5.97 Å². The largest absolute Gasteiger partial charge is 0.465 e. The molecule has 1 rings (SSSR count). The maximum Gasteiger partial charge on any atom is 0.323 e. The number of ether oxygens (including phenoxy) is 1. The van der Waals surface area contributed by atoms with E-state index in [4.69, 9.17) is 10.5 Å². The summed E-state index contributed by atoms with van der Waals surface area (Å²) in [4.78, 5) is 11.6. The molecule has 0 saturated carbocycles. The van der Waals surface area contributed by atoms with Crippen LogP contribution in [0.2, 0.25) is 0 Å². The van der Waals surface area contributed by atoms with Crippen LogP contribution in [0.4, 0.5) is 0 Å². The van der Waals surface area contributed by atoms with Gasteiger partial charge in [-0.05, 0) is 24.3 Å². The molecule has 0 fully saturated rings. The highest BCUT2D eigenvalue weighted by molar-refractivity contribution is 5.75. The van der Waals surface area contributed by atoms with Crippen molar-refractivity contribution in [1.82, 2.24) is 0 Å². The topological polar surface area (TPSA) is 52.3 Å². The second kappa shape index (κ2) is 15.0. The zero-order chi connectivity index (χ0) is 16.7. The molecule has 0 aliphatic rings. The van der Waals surface area contributed by atoms with Crippen molar-refractivity contribution in [3.05, 3.63) is 35.9 Å². The molecule has 1 unspecified atom stereocenters. The van der Waals surface area contributed by atoms with Crippen molar-refractivity contribution in [2.24, 2.45) is 11.7 Å². The highest BCUT2D eigenvalue weighted by atomic mass is 16.5. The van der Waals surface area contributed by atoms with Crippen molar-refractivity contribution in [2.45, 2.75) is 60.4 Å². The average Bonchev–Trinajstić information content (AvgIpc) is 2.51. The molecule has 0 amide bonds. The maximum absolute atomic E-state index is 11.6. The fourth-order valence-corrected chi connectivity index (χ4v) is 1.45. The minimum atomic E-state index is -0.565. The van der Waals surface area contributed by atoms with Crippen LogP contribution in [-0.4, -0.2) is 18.6 Å². The Morgan fingerprint density at radius 2 is 1.62 bits per heavy atom. The Labute approximate surface area is 130 Å². The number of carbonyl (C=O) groups excluding carboxylic acids is 1. The van der Waals surface area contributed by atoms with Crippen molar-refractivity contribution in [1.29, 1.82) is 0 Å². The minimum Gasteiger partial charge on any atom is -0.465 e. The summed E-state index contributed by atoms with van der Waals surface area (Å²) >= 11 is 0. The summed E-state index contributed by atoms with van der Waals surface area (Å²) in [6, 6.07) is 9.17. The first-order chi connectivity index (χ1) is 10.1. The molecule has 0 heterocycles. The highest BCUT2D eigenvalue weighted by Crippen LogP contribution is 2.04. The summed E-state index contributed by atoms with van der Waals surface area (Å²) in [7, 11) is 0. The Morgan fingerprint density at radius 1 is 1.10 bits per heavy atom. The van der Waals surface area contributed by atoms with Crippen molar-refractivity contribution in [2.75, 3.05) is 6.61 Å². The van der Waals surface area contributed by atoms with Crippen LogP contribution < -0.4 is 5.73 Å². The van der Waals surface area contributed by atoms with E-state index in [2.05, 4.69) is 13.8 Å². The molecule has 0 aliphatic heterocycles. The van der Waals surface area contributed by atoms with Gasteiger partial charge in [0.15, 0.2) is 0 Å². The third kappa shape index (κ3) is 12.1. The number of hydrogen-bond acceptors (Lipinski definition) is 3. The lowest BCUT2D eigenvalue weighted by Gasteiger charge is -2.12. The number of esters is 1. The maximum atomic E-state index is 11.6. The number of nitrogens with two attached hydrogens (primary N) is 1. The van der Waals surface area contributed by atoms with Gasteiger partial charge in [-0.1, -0.05) is 71.9 Å². The van der Waals surface area contributed by atoms with Crippen LogP contribution in [0.1, 0.15) is 53.5 Å². The molecule has 0 bridgehead atoms. The van der Waals surface area contributed by atoms with Gasteiger partial charge in [0.25, 0.3) is 0 Å². The van der Waals surface area contributed by atoms with Crippen LogP contribution in [0.25, 0.3) is 0 Å². The monoisotopic (exact) mass is 295 g/mol. The zero-order valence-corrected chi connectivity index (χ0v) is 14.6. The first-order valence-corrected chi connectivity index (χ1v) is 8.05. The van der Waals surface area contributed by atoms with E-state index in [1.165, 1.54) is 0 Å². The van der Waals surface area contributed by atoms with E-state index < -0.39 is 6.04 Å². The molecule has 2 N–H and O–H groups in total. The fourth-order valence-electron chi connectivity index (χ4n) is 1.45. The van der Waals surface area contributed by atoms with Crippen LogP contribution in [0, 0.1) is 5.92 Å². The Bertz CT molecular complexity index is 336. The number of benzene rings is 1. The van der Waals surface area contributed by atoms with Crippen LogP contribution in [0.15, 0.2) is 30.3 Å². The van der Waals surface area contributed by atoms with Gasteiger partial charge in [-0.25, -0.2) is 0 Å². The van der Waals surface area contributed by atoms with Gasteiger partial charge >= 0.3 is 5.97 Å². The number of carbonyl (C=O) groups is 1. The van der Waals surface area contributed by atoms with E-state index in [1.807, 2.05) is 58.0 Å². The molecule has 1 atom stereocenters. The van der Waals surface area contributed by atoms with Crippen LogP contribution in [0.5, 0.6) is 0 Å².